The summed E-state index contributed by atoms with van der Waals surface area (Å²) in [6, 6.07) is 0. The first-order valence-electron chi connectivity index (χ1n) is 4.31. The van der Waals surface area contributed by atoms with Gasteiger partial charge in [-0.05, 0) is 19.4 Å². The molecule has 0 unspecified atom stereocenters. The van der Waals surface area contributed by atoms with Crippen molar-refractivity contribution in [1.82, 2.24) is 4.90 Å². The molecule has 0 bridgehead atoms. The second-order valence-electron chi connectivity index (χ2n) is 2.87. The van der Waals surface area contributed by atoms with Gasteiger partial charge in [-0.25, -0.2) is 5.11 Å². The van der Waals surface area contributed by atoms with Gasteiger partial charge in [-0.3, -0.25) is 4.90 Å². The predicted octanol–water partition coefficient (Wildman–Crippen LogP) is 0.529. The molecule has 0 aromatic rings. The van der Waals surface area contributed by atoms with Crippen LogP contribution in [0, 0.1) is 0 Å². The van der Waals surface area contributed by atoms with Gasteiger partial charge in [-0.2, -0.15) is 0 Å². The number of rotatable bonds is 4. The second-order valence-corrected chi connectivity index (χ2v) is 2.87. The first kappa shape index (κ1) is 8.97. The van der Waals surface area contributed by atoms with E-state index in [4.69, 9.17) is 4.74 Å². The van der Waals surface area contributed by atoms with Crippen LogP contribution in [0.3, 0.4) is 0 Å². The van der Waals surface area contributed by atoms with Gasteiger partial charge in [0.25, 0.3) is 0 Å². The summed E-state index contributed by atoms with van der Waals surface area (Å²) in [4.78, 5) is 2.36. The third-order valence-corrected chi connectivity index (χ3v) is 1.97. The fourth-order valence-corrected chi connectivity index (χ4v) is 1.26. The molecule has 0 aromatic heterocycles. The molecule has 0 amide bonds. The maximum atomic E-state index is 10.1. The third-order valence-electron chi connectivity index (χ3n) is 1.97. The lowest BCUT2D eigenvalue weighted by Gasteiger charge is -2.26. The van der Waals surface area contributed by atoms with Crippen molar-refractivity contribution in [1.29, 1.82) is 0 Å². The SMILES string of the molecule is [O]CCCCN1CCOCC1. The maximum absolute atomic E-state index is 10.1. The lowest BCUT2D eigenvalue weighted by molar-refractivity contribution is 0.0361. The summed E-state index contributed by atoms with van der Waals surface area (Å²) in [5.74, 6) is 0. The number of hydrogen-bond donors (Lipinski definition) is 0. The van der Waals surface area contributed by atoms with Gasteiger partial charge in [0.2, 0.25) is 0 Å². The van der Waals surface area contributed by atoms with Crippen molar-refractivity contribution in [2.45, 2.75) is 12.8 Å². The normalized spacial score (nSPS) is 20.5. The van der Waals surface area contributed by atoms with E-state index in [9.17, 15) is 5.11 Å². The van der Waals surface area contributed by atoms with Crippen molar-refractivity contribution < 1.29 is 9.84 Å². The van der Waals surface area contributed by atoms with Gasteiger partial charge in [0, 0.05) is 13.1 Å². The zero-order valence-corrected chi connectivity index (χ0v) is 6.92. The van der Waals surface area contributed by atoms with Crippen LogP contribution in [-0.2, 0) is 9.84 Å². The third kappa shape index (κ3) is 3.70. The number of ether oxygens (including phenoxy) is 1. The van der Waals surface area contributed by atoms with Crippen LogP contribution in [0.2, 0.25) is 0 Å². The van der Waals surface area contributed by atoms with Crippen molar-refractivity contribution in [3.63, 3.8) is 0 Å². The average Bonchev–Trinajstić information content (AvgIpc) is 2.07. The van der Waals surface area contributed by atoms with Crippen LogP contribution in [0.25, 0.3) is 0 Å². The van der Waals surface area contributed by atoms with Crippen molar-refractivity contribution >= 4 is 0 Å². The zero-order valence-electron chi connectivity index (χ0n) is 6.92. The minimum absolute atomic E-state index is 0.0737. The van der Waals surface area contributed by atoms with E-state index in [1.807, 2.05) is 0 Å². The maximum Gasteiger partial charge on any atom is 0.0822 e. The van der Waals surface area contributed by atoms with Crippen LogP contribution in [-0.4, -0.2) is 44.4 Å². The lowest BCUT2D eigenvalue weighted by Crippen LogP contribution is -2.36. The molecule has 3 nitrogen and oxygen atoms in total. The standard InChI is InChI=1S/C8H16NO2/c10-6-2-1-3-9-4-7-11-8-5-9/h1-8H2. The summed E-state index contributed by atoms with van der Waals surface area (Å²) < 4.78 is 5.20. The van der Waals surface area contributed by atoms with E-state index in [-0.39, 0.29) is 6.61 Å². The molecule has 0 N–H and O–H groups in total. The Morgan fingerprint density at radius 3 is 2.55 bits per heavy atom. The Morgan fingerprint density at radius 2 is 1.91 bits per heavy atom. The van der Waals surface area contributed by atoms with E-state index in [2.05, 4.69) is 4.90 Å². The van der Waals surface area contributed by atoms with Gasteiger partial charge in [-0.1, -0.05) is 0 Å². The Kier molecular flexibility index (Phi) is 4.50. The van der Waals surface area contributed by atoms with E-state index < -0.39 is 0 Å². The summed E-state index contributed by atoms with van der Waals surface area (Å²) in [5.41, 5.74) is 0. The predicted molar refractivity (Wildman–Crippen MR) is 42.0 cm³/mol. The summed E-state index contributed by atoms with van der Waals surface area (Å²) in [7, 11) is 0. The monoisotopic (exact) mass is 158 g/mol. The summed E-state index contributed by atoms with van der Waals surface area (Å²) in [6.07, 6.45) is 1.86. The van der Waals surface area contributed by atoms with Crippen molar-refractivity contribution in [3.8, 4) is 0 Å². The Bertz CT molecular complexity index is 92.1. The van der Waals surface area contributed by atoms with E-state index in [1.165, 1.54) is 0 Å². The average molecular weight is 158 g/mol. The Balaban J connectivity index is 1.96. The number of hydrogen-bond acceptors (Lipinski definition) is 2. The first-order chi connectivity index (χ1) is 5.43. The summed E-state index contributed by atoms with van der Waals surface area (Å²) >= 11 is 0. The largest absolute Gasteiger partial charge is 0.379 e. The van der Waals surface area contributed by atoms with E-state index in [0.29, 0.717) is 0 Å². The zero-order chi connectivity index (χ0) is 7.94. The molecule has 1 heterocycles. The molecule has 0 aromatic carbocycles. The molecule has 1 radical (unpaired) electrons. The van der Waals surface area contributed by atoms with Crippen molar-refractivity contribution in [2.24, 2.45) is 0 Å². The highest BCUT2D eigenvalue weighted by Crippen LogP contribution is 1.99. The topological polar surface area (TPSA) is 32.4 Å². The van der Waals surface area contributed by atoms with Crippen LogP contribution in [0.15, 0.2) is 0 Å². The fourth-order valence-electron chi connectivity index (χ4n) is 1.26. The second kappa shape index (κ2) is 5.52. The molecule has 3 heteroatoms. The van der Waals surface area contributed by atoms with Gasteiger partial charge >= 0.3 is 0 Å². The Morgan fingerprint density at radius 1 is 1.18 bits per heavy atom. The molecule has 0 aliphatic carbocycles. The van der Waals surface area contributed by atoms with E-state index in [0.717, 1.165) is 45.7 Å². The first-order valence-corrected chi connectivity index (χ1v) is 4.31. The molecule has 65 valence electrons. The number of morpholine rings is 1. The van der Waals surface area contributed by atoms with Crippen LogP contribution >= 0.6 is 0 Å². The quantitative estimate of drug-likeness (QED) is 0.559. The Hall–Kier alpha value is -0.120. The van der Waals surface area contributed by atoms with Crippen LogP contribution in [0.1, 0.15) is 12.8 Å². The minimum atomic E-state index is 0.0737. The van der Waals surface area contributed by atoms with E-state index in [1.54, 1.807) is 0 Å². The smallest absolute Gasteiger partial charge is 0.0822 e. The molecule has 1 fully saturated rings. The van der Waals surface area contributed by atoms with Crippen LogP contribution < -0.4 is 0 Å². The molecule has 1 rings (SSSR count). The Labute approximate surface area is 68.0 Å². The lowest BCUT2D eigenvalue weighted by atomic mass is 10.3. The van der Waals surface area contributed by atoms with Crippen molar-refractivity contribution in [2.75, 3.05) is 39.5 Å². The van der Waals surface area contributed by atoms with Crippen LogP contribution in [0.5, 0.6) is 0 Å². The molecule has 1 saturated heterocycles. The van der Waals surface area contributed by atoms with Gasteiger partial charge in [0.1, 0.15) is 0 Å². The van der Waals surface area contributed by atoms with Gasteiger partial charge in [0.05, 0.1) is 19.8 Å². The highest BCUT2D eigenvalue weighted by molar-refractivity contribution is 4.60. The van der Waals surface area contributed by atoms with Gasteiger partial charge in [-0.15, -0.1) is 0 Å². The summed E-state index contributed by atoms with van der Waals surface area (Å²) in [6.45, 7) is 4.95. The number of nitrogens with zero attached hydrogens (tertiary/aromatic N) is 1. The molecular formula is C8H16NO2. The van der Waals surface area contributed by atoms with Gasteiger partial charge in [0.15, 0.2) is 0 Å². The molecule has 11 heavy (non-hydrogen) atoms. The van der Waals surface area contributed by atoms with Gasteiger partial charge < -0.3 is 4.74 Å². The van der Waals surface area contributed by atoms with E-state index >= 15 is 0 Å². The fraction of sp³-hybridized carbons (Fsp3) is 1.00. The molecule has 0 saturated carbocycles. The molecule has 0 atom stereocenters. The summed E-state index contributed by atoms with van der Waals surface area (Å²) in [5, 5.41) is 10.1. The molecule has 1 aliphatic rings. The number of unbranched alkanes of at least 4 members (excludes halogenated alkanes) is 1. The molecular weight excluding hydrogens is 142 g/mol. The molecule has 1 aliphatic heterocycles. The minimum Gasteiger partial charge on any atom is -0.379 e. The highest BCUT2D eigenvalue weighted by Gasteiger charge is 2.08. The van der Waals surface area contributed by atoms with Crippen molar-refractivity contribution in [3.05, 3.63) is 0 Å². The highest BCUT2D eigenvalue weighted by atomic mass is 16.5. The van der Waals surface area contributed by atoms with Crippen LogP contribution in [0.4, 0.5) is 0 Å². The molecule has 0 spiro atoms.